The molecule has 0 spiro atoms. The molecule has 0 radical (unpaired) electrons. The first-order valence-corrected chi connectivity index (χ1v) is 18.1. The quantitative estimate of drug-likeness (QED) is 0.0366. The van der Waals surface area contributed by atoms with Crippen molar-refractivity contribution in [3.8, 4) is 0 Å². The number of hydrogen-bond donors (Lipinski definition) is 0. The van der Waals surface area contributed by atoms with E-state index in [2.05, 4.69) is 22.2 Å². The molecule has 0 unspecified atom stereocenters. The van der Waals surface area contributed by atoms with Crippen molar-refractivity contribution >= 4 is 58.5 Å². The van der Waals surface area contributed by atoms with Gasteiger partial charge in [0.25, 0.3) is 0 Å². The van der Waals surface area contributed by atoms with Gasteiger partial charge in [-0.1, -0.05) is 129 Å². The van der Waals surface area contributed by atoms with Gasteiger partial charge in [0.1, 0.15) is 0 Å². The molecule has 0 aliphatic rings. The van der Waals surface area contributed by atoms with E-state index in [4.69, 9.17) is 9.47 Å². The molecule has 10 nitrogen and oxygen atoms in total. The molecule has 0 atom stereocenters. The van der Waals surface area contributed by atoms with Crippen molar-refractivity contribution in [2.45, 2.75) is 142 Å². The van der Waals surface area contributed by atoms with E-state index < -0.39 is 20.8 Å². The van der Waals surface area contributed by atoms with Crippen molar-refractivity contribution in [1.29, 1.82) is 0 Å². The normalized spacial score (nSPS) is 11.6. The van der Waals surface area contributed by atoms with Crippen molar-refractivity contribution in [3.05, 3.63) is 0 Å². The SMILES string of the molecule is CCCCCCCCCCCCOCCOS(=O)(=O)[O-].CCCCCCCCCCCCOCCOS(=O)(=O)[O-].[Ca+2]. The first-order valence-electron chi connectivity index (χ1n) is 15.5. The van der Waals surface area contributed by atoms with Crippen molar-refractivity contribution in [3.63, 3.8) is 0 Å². The van der Waals surface area contributed by atoms with Gasteiger partial charge < -0.3 is 18.6 Å². The second-order valence-electron chi connectivity index (χ2n) is 10.0. The molecule has 0 aliphatic carbocycles. The minimum absolute atomic E-state index is 0. The maximum absolute atomic E-state index is 10.1. The third kappa shape index (κ3) is 50.8. The zero-order valence-electron chi connectivity index (χ0n) is 26.0. The first-order chi connectivity index (χ1) is 19.1. The molecule has 0 fully saturated rings. The summed E-state index contributed by atoms with van der Waals surface area (Å²) >= 11 is 0. The molecule has 0 heterocycles. The average molecular weight is 659 g/mol. The van der Waals surface area contributed by atoms with E-state index >= 15 is 0 Å². The van der Waals surface area contributed by atoms with Gasteiger partial charge in [-0.2, -0.15) is 0 Å². The number of hydrogen-bond acceptors (Lipinski definition) is 10. The van der Waals surface area contributed by atoms with Crippen LogP contribution in [0.1, 0.15) is 142 Å². The predicted molar refractivity (Wildman–Crippen MR) is 162 cm³/mol. The van der Waals surface area contributed by atoms with Crippen LogP contribution in [0.5, 0.6) is 0 Å². The molecule has 0 rings (SSSR count). The molecule has 0 saturated carbocycles. The molecule has 0 aliphatic heterocycles. The summed E-state index contributed by atoms with van der Waals surface area (Å²) in [5.41, 5.74) is 0. The second kappa shape index (κ2) is 35.4. The minimum Gasteiger partial charge on any atom is -0.726 e. The first kappa shape index (κ1) is 46.3. The molecular weight excluding hydrogens is 601 g/mol. The fourth-order valence-electron chi connectivity index (χ4n) is 3.98. The van der Waals surface area contributed by atoms with Crippen molar-refractivity contribution in [2.75, 3.05) is 39.6 Å². The summed E-state index contributed by atoms with van der Waals surface area (Å²) in [5.74, 6) is 0. The Labute approximate surface area is 282 Å². The third-order valence-corrected chi connectivity index (χ3v) is 7.11. The van der Waals surface area contributed by atoms with E-state index in [0.29, 0.717) is 13.2 Å². The Morgan fingerprint density at radius 3 is 0.878 bits per heavy atom. The van der Waals surface area contributed by atoms with E-state index in [1.54, 1.807) is 0 Å². The van der Waals surface area contributed by atoms with E-state index in [1.165, 1.54) is 103 Å². The van der Waals surface area contributed by atoms with E-state index in [0.717, 1.165) is 25.7 Å². The Bertz CT molecular complexity index is 647. The monoisotopic (exact) mass is 658 g/mol. The van der Waals surface area contributed by atoms with Crippen LogP contribution < -0.4 is 0 Å². The zero-order valence-corrected chi connectivity index (χ0v) is 29.8. The molecule has 0 bridgehead atoms. The standard InChI is InChI=1S/2C14H30O5S.Ca/c2*1-2-3-4-5-6-7-8-9-10-11-12-18-13-14-19-20(15,16)17;/h2*2-14H2,1H3,(H,15,16,17);/q;;+2/p-2. The molecule has 0 aromatic rings. The van der Waals surface area contributed by atoms with Crippen LogP contribution >= 0.6 is 0 Å². The molecular formula is C28H58CaO10S2. The van der Waals surface area contributed by atoms with Gasteiger partial charge in [0.2, 0.25) is 20.8 Å². The van der Waals surface area contributed by atoms with Crippen LogP contribution in [0.2, 0.25) is 0 Å². The van der Waals surface area contributed by atoms with Crippen LogP contribution in [-0.4, -0.2) is 103 Å². The van der Waals surface area contributed by atoms with Crippen molar-refractivity contribution in [2.24, 2.45) is 0 Å². The summed E-state index contributed by atoms with van der Waals surface area (Å²) in [6.45, 7) is 5.57. The van der Waals surface area contributed by atoms with Crippen molar-refractivity contribution < 1.29 is 43.8 Å². The Morgan fingerprint density at radius 1 is 0.390 bits per heavy atom. The smallest absolute Gasteiger partial charge is 0.726 e. The van der Waals surface area contributed by atoms with Crippen LogP contribution in [0, 0.1) is 0 Å². The summed E-state index contributed by atoms with van der Waals surface area (Å²) in [4.78, 5) is 0. The van der Waals surface area contributed by atoms with Gasteiger partial charge in [0.05, 0.1) is 26.4 Å². The molecule has 13 heteroatoms. The summed E-state index contributed by atoms with van der Waals surface area (Å²) in [6, 6.07) is 0. The third-order valence-electron chi connectivity index (χ3n) is 6.20. The molecule has 0 amide bonds. The summed E-state index contributed by atoms with van der Waals surface area (Å²) < 4.78 is 79.1. The van der Waals surface area contributed by atoms with Gasteiger partial charge in [-0.3, -0.25) is 8.37 Å². The Hall–Kier alpha value is 0.920. The summed E-state index contributed by atoms with van der Waals surface area (Å²) in [6.07, 6.45) is 25.3. The maximum Gasteiger partial charge on any atom is 2.00 e. The topological polar surface area (TPSA) is 151 Å². The van der Waals surface area contributed by atoms with Gasteiger partial charge in [0.15, 0.2) is 0 Å². The van der Waals surface area contributed by atoms with E-state index in [1.807, 2.05) is 0 Å². The number of unbranched alkanes of at least 4 members (excludes halogenated alkanes) is 18. The zero-order chi connectivity index (χ0) is 30.2. The van der Waals surface area contributed by atoms with Gasteiger partial charge in [-0.15, -0.1) is 0 Å². The van der Waals surface area contributed by atoms with Crippen molar-refractivity contribution in [1.82, 2.24) is 0 Å². The Morgan fingerprint density at radius 2 is 0.634 bits per heavy atom. The Kier molecular flexibility index (Phi) is 40.0. The van der Waals surface area contributed by atoms with Gasteiger partial charge >= 0.3 is 37.7 Å². The predicted octanol–water partition coefficient (Wildman–Crippen LogP) is 6.42. The fraction of sp³-hybridized carbons (Fsp3) is 1.00. The molecule has 0 saturated heterocycles. The number of ether oxygens (including phenoxy) is 2. The Balaban J connectivity index is -0.000000688. The second-order valence-corrected chi connectivity index (χ2v) is 12.2. The summed E-state index contributed by atoms with van der Waals surface area (Å²) in [5, 5.41) is 0. The van der Waals surface area contributed by atoms with Crippen LogP contribution in [0.15, 0.2) is 0 Å². The van der Waals surface area contributed by atoms with Gasteiger partial charge in [-0.05, 0) is 12.8 Å². The van der Waals surface area contributed by atoms with Crippen LogP contribution in [-0.2, 0) is 38.6 Å². The number of rotatable bonds is 30. The van der Waals surface area contributed by atoms with Crippen LogP contribution in [0.3, 0.4) is 0 Å². The molecule has 0 aromatic heterocycles. The van der Waals surface area contributed by atoms with Crippen LogP contribution in [0.4, 0.5) is 0 Å². The molecule has 0 aromatic carbocycles. The van der Waals surface area contributed by atoms with E-state index in [-0.39, 0.29) is 64.2 Å². The fourth-order valence-corrected chi connectivity index (χ4v) is 4.52. The average Bonchev–Trinajstić information content (AvgIpc) is 2.88. The maximum atomic E-state index is 10.1. The van der Waals surface area contributed by atoms with Crippen LogP contribution in [0.25, 0.3) is 0 Å². The molecule has 244 valence electrons. The van der Waals surface area contributed by atoms with E-state index in [9.17, 15) is 25.9 Å². The molecule has 0 N–H and O–H groups in total. The van der Waals surface area contributed by atoms with Gasteiger partial charge in [-0.25, -0.2) is 16.8 Å². The minimum atomic E-state index is -4.57. The molecule has 41 heavy (non-hydrogen) atoms. The largest absolute Gasteiger partial charge is 2.00 e. The van der Waals surface area contributed by atoms with Gasteiger partial charge in [0, 0.05) is 13.2 Å². The summed E-state index contributed by atoms with van der Waals surface area (Å²) in [7, 11) is -9.14.